The maximum atomic E-state index is 13.5. The molecule has 0 bridgehead atoms. The minimum atomic E-state index is -0.971. The number of hydrogen-bond donors (Lipinski definition) is 0. The zero-order valence-corrected chi connectivity index (χ0v) is 18.3. The van der Waals surface area contributed by atoms with E-state index in [0.717, 1.165) is 25.7 Å². The van der Waals surface area contributed by atoms with Crippen LogP contribution in [0.5, 0.6) is 0 Å². The number of fused-ring (bicyclic) bond motifs is 1. The van der Waals surface area contributed by atoms with Crippen LogP contribution in [0.2, 0.25) is 0 Å². The van der Waals surface area contributed by atoms with E-state index in [1.807, 2.05) is 5.38 Å². The second-order valence-electron chi connectivity index (χ2n) is 7.82. The van der Waals surface area contributed by atoms with E-state index in [2.05, 4.69) is 9.97 Å². The SMILES string of the molecule is Cc1nc2cc(F)ccc2cc1C(=O)OC(C)C(=O)N(c1nccs1)C1CCCCC1. The molecule has 1 unspecified atom stereocenters. The molecule has 1 fully saturated rings. The summed E-state index contributed by atoms with van der Waals surface area (Å²) in [4.78, 5) is 36.5. The number of anilines is 1. The van der Waals surface area contributed by atoms with Crippen molar-refractivity contribution in [2.45, 2.75) is 58.1 Å². The molecule has 1 aliphatic rings. The summed E-state index contributed by atoms with van der Waals surface area (Å²) in [6.07, 6.45) is 5.83. The van der Waals surface area contributed by atoms with Gasteiger partial charge in [0, 0.05) is 29.1 Å². The molecule has 0 aliphatic heterocycles. The van der Waals surface area contributed by atoms with Crippen molar-refractivity contribution < 1.29 is 18.7 Å². The fourth-order valence-electron chi connectivity index (χ4n) is 4.02. The summed E-state index contributed by atoms with van der Waals surface area (Å²) in [5, 5.41) is 3.09. The van der Waals surface area contributed by atoms with Gasteiger partial charge in [0.15, 0.2) is 11.2 Å². The lowest BCUT2D eigenvalue weighted by molar-refractivity contribution is -0.127. The molecule has 1 aliphatic carbocycles. The van der Waals surface area contributed by atoms with Gasteiger partial charge in [-0.3, -0.25) is 14.7 Å². The Morgan fingerprint density at radius 3 is 2.71 bits per heavy atom. The van der Waals surface area contributed by atoms with Crippen LogP contribution in [0.4, 0.5) is 9.52 Å². The molecule has 2 heterocycles. The third kappa shape index (κ3) is 4.58. The smallest absolute Gasteiger partial charge is 0.340 e. The molecule has 1 amide bonds. The molecule has 0 saturated heterocycles. The Morgan fingerprint density at radius 1 is 1.23 bits per heavy atom. The number of halogens is 1. The van der Waals surface area contributed by atoms with Gasteiger partial charge in [-0.1, -0.05) is 19.3 Å². The van der Waals surface area contributed by atoms with Gasteiger partial charge in [-0.05, 0) is 44.9 Å². The fourth-order valence-corrected chi connectivity index (χ4v) is 4.74. The van der Waals surface area contributed by atoms with Crippen molar-refractivity contribution >= 4 is 39.2 Å². The third-order valence-electron chi connectivity index (χ3n) is 5.62. The van der Waals surface area contributed by atoms with Crippen molar-refractivity contribution in [3.05, 3.63) is 52.9 Å². The molecule has 8 heteroatoms. The average Bonchev–Trinajstić information content (AvgIpc) is 3.28. The van der Waals surface area contributed by atoms with Gasteiger partial charge in [0.25, 0.3) is 5.91 Å². The van der Waals surface area contributed by atoms with Crippen LogP contribution in [0.25, 0.3) is 10.9 Å². The van der Waals surface area contributed by atoms with Crippen LogP contribution in [0.3, 0.4) is 0 Å². The number of aromatic nitrogens is 2. The number of rotatable bonds is 5. The molecule has 2 aromatic heterocycles. The molecule has 1 saturated carbocycles. The first-order valence-corrected chi connectivity index (χ1v) is 11.3. The minimum Gasteiger partial charge on any atom is -0.449 e. The molecule has 6 nitrogen and oxygen atoms in total. The maximum Gasteiger partial charge on any atom is 0.340 e. The average molecular weight is 442 g/mol. The Balaban J connectivity index is 1.54. The molecule has 31 heavy (non-hydrogen) atoms. The van der Waals surface area contributed by atoms with Gasteiger partial charge in [-0.25, -0.2) is 14.2 Å². The van der Waals surface area contributed by atoms with Gasteiger partial charge in [0.05, 0.1) is 16.8 Å². The Labute approximate surface area is 184 Å². The number of carbonyl (C=O) groups is 2. The molecule has 4 rings (SSSR count). The quantitative estimate of drug-likeness (QED) is 0.518. The molecule has 1 atom stereocenters. The van der Waals surface area contributed by atoms with Crippen LogP contribution in [0, 0.1) is 12.7 Å². The lowest BCUT2D eigenvalue weighted by atomic mass is 9.94. The standard InChI is InChI=1S/C23H24FN3O3S/c1-14-19(12-16-8-9-17(24)13-20(16)26-14)22(29)30-15(2)21(28)27(23-25-10-11-31-23)18-6-4-3-5-7-18/h8-13,15,18H,3-7H2,1-2H3. The Morgan fingerprint density at radius 2 is 2.00 bits per heavy atom. The molecule has 0 N–H and O–H groups in total. The van der Waals surface area contributed by atoms with E-state index in [1.54, 1.807) is 37.1 Å². The lowest BCUT2D eigenvalue weighted by Gasteiger charge is -2.33. The zero-order chi connectivity index (χ0) is 22.0. The first-order valence-electron chi connectivity index (χ1n) is 10.4. The predicted octanol–water partition coefficient (Wildman–Crippen LogP) is 5.05. The Hall–Kier alpha value is -2.87. The largest absolute Gasteiger partial charge is 0.449 e. The molecule has 0 radical (unpaired) electrons. The summed E-state index contributed by atoms with van der Waals surface area (Å²) in [7, 11) is 0. The summed E-state index contributed by atoms with van der Waals surface area (Å²) in [5.74, 6) is -1.29. The van der Waals surface area contributed by atoms with E-state index in [4.69, 9.17) is 4.74 Å². The van der Waals surface area contributed by atoms with Gasteiger partial charge < -0.3 is 4.74 Å². The number of nitrogens with zero attached hydrogens (tertiary/aromatic N) is 3. The monoisotopic (exact) mass is 441 g/mol. The highest BCUT2D eigenvalue weighted by Gasteiger charge is 2.33. The van der Waals surface area contributed by atoms with E-state index in [-0.39, 0.29) is 23.3 Å². The highest BCUT2D eigenvalue weighted by atomic mass is 32.1. The highest BCUT2D eigenvalue weighted by molar-refractivity contribution is 7.13. The summed E-state index contributed by atoms with van der Waals surface area (Å²) in [6.45, 7) is 3.25. The first-order chi connectivity index (χ1) is 14.9. The van der Waals surface area contributed by atoms with Crippen LogP contribution < -0.4 is 4.90 Å². The number of aryl methyl sites for hydroxylation is 1. The van der Waals surface area contributed by atoms with Crippen molar-refractivity contribution in [1.29, 1.82) is 0 Å². The van der Waals surface area contributed by atoms with Crippen LogP contribution in [-0.4, -0.2) is 34.0 Å². The van der Waals surface area contributed by atoms with Gasteiger partial charge in [0.2, 0.25) is 0 Å². The van der Waals surface area contributed by atoms with Gasteiger partial charge in [0.1, 0.15) is 5.82 Å². The Kier molecular flexibility index (Phi) is 6.27. The van der Waals surface area contributed by atoms with Crippen molar-refractivity contribution in [2.75, 3.05) is 4.90 Å². The third-order valence-corrected chi connectivity index (χ3v) is 6.40. The van der Waals surface area contributed by atoms with Crippen LogP contribution in [-0.2, 0) is 9.53 Å². The molecule has 162 valence electrons. The van der Waals surface area contributed by atoms with Crippen LogP contribution in [0.1, 0.15) is 55.1 Å². The summed E-state index contributed by atoms with van der Waals surface area (Å²) in [6, 6.07) is 5.88. The summed E-state index contributed by atoms with van der Waals surface area (Å²) >= 11 is 1.40. The highest BCUT2D eigenvalue weighted by Crippen LogP contribution is 2.30. The van der Waals surface area contributed by atoms with E-state index in [0.29, 0.717) is 21.7 Å². The lowest BCUT2D eigenvalue weighted by Crippen LogP contribution is -2.47. The fraction of sp³-hybridized carbons (Fsp3) is 0.391. The zero-order valence-electron chi connectivity index (χ0n) is 17.5. The molecule has 3 aromatic rings. The van der Waals surface area contributed by atoms with E-state index in [9.17, 15) is 14.0 Å². The van der Waals surface area contributed by atoms with Crippen LogP contribution in [0.15, 0.2) is 35.8 Å². The second-order valence-corrected chi connectivity index (χ2v) is 8.69. The number of carbonyl (C=O) groups excluding carboxylic acids is 2. The molecular formula is C23H24FN3O3S. The van der Waals surface area contributed by atoms with E-state index >= 15 is 0 Å². The van der Waals surface area contributed by atoms with E-state index < -0.39 is 12.1 Å². The number of amides is 1. The maximum absolute atomic E-state index is 13.5. The second kappa shape index (κ2) is 9.09. The number of esters is 1. The number of hydrogen-bond acceptors (Lipinski definition) is 6. The van der Waals surface area contributed by atoms with Gasteiger partial charge in [-0.15, -0.1) is 11.3 Å². The molecule has 0 spiro atoms. The van der Waals surface area contributed by atoms with Crippen LogP contribution >= 0.6 is 11.3 Å². The number of ether oxygens (including phenoxy) is 1. The van der Waals surface area contributed by atoms with Crippen molar-refractivity contribution in [2.24, 2.45) is 0 Å². The number of benzene rings is 1. The minimum absolute atomic E-state index is 0.0625. The van der Waals surface area contributed by atoms with Crippen molar-refractivity contribution in [3.63, 3.8) is 0 Å². The summed E-state index contributed by atoms with van der Waals surface area (Å²) in [5.41, 5.74) is 1.15. The Bertz CT molecular complexity index is 1100. The van der Waals surface area contributed by atoms with Crippen molar-refractivity contribution in [1.82, 2.24) is 9.97 Å². The number of thiazole rings is 1. The molecule has 1 aromatic carbocycles. The topological polar surface area (TPSA) is 72.4 Å². The normalized spacial score (nSPS) is 15.6. The van der Waals surface area contributed by atoms with Crippen molar-refractivity contribution in [3.8, 4) is 0 Å². The molecular weight excluding hydrogens is 417 g/mol. The number of pyridine rings is 1. The predicted molar refractivity (Wildman–Crippen MR) is 118 cm³/mol. The van der Waals surface area contributed by atoms with E-state index in [1.165, 1.54) is 29.9 Å². The van der Waals surface area contributed by atoms with Gasteiger partial charge >= 0.3 is 5.97 Å². The first kappa shape index (κ1) is 21.4. The van der Waals surface area contributed by atoms with Gasteiger partial charge in [-0.2, -0.15) is 0 Å². The summed E-state index contributed by atoms with van der Waals surface area (Å²) < 4.78 is 19.0.